The van der Waals surface area contributed by atoms with Gasteiger partial charge < -0.3 is 15.8 Å². The lowest BCUT2D eigenvalue weighted by atomic mass is 10.1. The highest BCUT2D eigenvalue weighted by Crippen LogP contribution is 2.20. The van der Waals surface area contributed by atoms with E-state index in [1.54, 1.807) is 12.1 Å². The Morgan fingerprint density at radius 2 is 2.18 bits per heavy atom. The van der Waals surface area contributed by atoms with E-state index in [0.717, 1.165) is 10.0 Å². The highest BCUT2D eigenvalue weighted by molar-refractivity contribution is 9.10. The summed E-state index contributed by atoms with van der Waals surface area (Å²) in [6.07, 6.45) is -0.851. The first kappa shape index (κ1) is 13.5. The second-order valence-electron chi connectivity index (χ2n) is 3.36. The van der Waals surface area contributed by atoms with Crippen LogP contribution in [0.25, 0.3) is 0 Å². The Labute approximate surface area is 107 Å². The standard InChI is InChI=1S/C11H13BrN2O3/c1-7-3-2-4-8(9(7)12)10(15)14-5-6-17-11(13)16/h2-4H,5-6H2,1H3,(H2,13,16)(H,14,15). The molecule has 1 aromatic carbocycles. The van der Waals surface area contributed by atoms with Crippen molar-refractivity contribution in [2.24, 2.45) is 5.73 Å². The fourth-order valence-electron chi connectivity index (χ4n) is 1.23. The molecule has 92 valence electrons. The highest BCUT2D eigenvalue weighted by Gasteiger charge is 2.10. The number of rotatable bonds is 4. The monoisotopic (exact) mass is 300 g/mol. The van der Waals surface area contributed by atoms with Crippen molar-refractivity contribution in [2.75, 3.05) is 13.2 Å². The van der Waals surface area contributed by atoms with Gasteiger partial charge in [0.2, 0.25) is 0 Å². The number of benzene rings is 1. The molecule has 0 aliphatic rings. The summed E-state index contributed by atoms with van der Waals surface area (Å²) < 4.78 is 5.25. The second-order valence-corrected chi connectivity index (χ2v) is 4.15. The lowest BCUT2D eigenvalue weighted by Crippen LogP contribution is -2.29. The Kier molecular flexibility index (Phi) is 4.96. The smallest absolute Gasteiger partial charge is 0.404 e. The molecule has 0 saturated heterocycles. The van der Waals surface area contributed by atoms with Gasteiger partial charge in [0.15, 0.2) is 0 Å². The maximum Gasteiger partial charge on any atom is 0.404 e. The first-order valence-corrected chi connectivity index (χ1v) is 5.77. The van der Waals surface area contributed by atoms with Crippen LogP contribution in [0.4, 0.5) is 4.79 Å². The van der Waals surface area contributed by atoms with Crippen molar-refractivity contribution < 1.29 is 14.3 Å². The summed E-state index contributed by atoms with van der Waals surface area (Å²) in [7, 11) is 0. The van der Waals surface area contributed by atoms with E-state index in [4.69, 9.17) is 5.73 Å². The van der Waals surface area contributed by atoms with E-state index in [1.807, 2.05) is 13.0 Å². The summed E-state index contributed by atoms with van der Waals surface area (Å²) in [6, 6.07) is 5.41. The maximum absolute atomic E-state index is 11.7. The van der Waals surface area contributed by atoms with E-state index < -0.39 is 6.09 Å². The fourth-order valence-corrected chi connectivity index (χ4v) is 1.68. The lowest BCUT2D eigenvalue weighted by molar-refractivity contribution is 0.0936. The average Bonchev–Trinajstić information content (AvgIpc) is 2.27. The molecule has 0 radical (unpaired) electrons. The van der Waals surface area contributed by atoms with Crippen LogP contribution in [0.2, 0.25) is 0 Å². The van der Waals surface area contributed by atoms with E-state index in [9.17, 15) is 9.59 Å². The third kappa shape index (κ3) is 4.07. The zero-order valence-corrected chi connectivity index (χ0v) is 10.9. The summed E-state index contributed by atoms with van der Waals surface area (Å²) in [5, 5.41) is 2.62. The molecule has 0 saturated carbocycles. The van der Waals surface area contributed by atoms with Crippen molar-refractivity contribution in [2.45, 2.75) is 6.92 Å². The molecule has 0 fully saturated rings. The molecular formula is C11H13BrN2O3. The summed E-state index contributed by atoms with van der Waals surface area (Å²) in [4.78, 5) is 22.0. The fraction of sp³-hybridized carbons (Fsp3) is 0.273. The largest absolute Gasteiger partial charge is 0.448 e. The Balaban J connectivity index is 2.53. The van der Waals surface area contributed by atoms with E-state index in [0.29, 0.717) is 5.56 Å². The Bertz CT molecular complexity index is 435. The number of halogens is 1. The number of carbonyl (C=O) groups excluding carboxylic acids is 2. The molecule has 0 heterocycles. The number of ether oxygens (including phenoxy) is 1. The third-order valence-corrected chi connectivity index (χ3v) is 3.12. The molecular weight excluding hydrogens is 288 g/mol. The molecule has 0 spiro atoms. The van der Waals surface area contributed by atoms with Gasteiger partial charge in [0.1, 0.15) is 6.61 Å². The maximum atomic E-state index is 11.7. The van der Waals surface area contributed by atoms with Gasteiger partial charge in [-0.2, -0.15) is 0 Å². The van der Waals surface area contributed by atoms with Gasteiger partial charge >= 0.3 is 6.09 Å². The van der Waals surface area contributed by atoms with Crippen LogP contribution in [0.1, 0.15) is 15.9 Å². The molecule has 0 aliphatic heterocycles. The van der Waals surface area contributed by atoms with E-state index in [-0.39, 0.29) is 19.1 Å². The van der Waals surface area contributed by atoms with Crippen molar-refractivity contribution in [3.05, 3.63) is 33.8 Å². The van der Waals surface area contributed by atoms with Crippen molar-refractivity contribution >= 4 is 27.9 Å². The van der Waals surface area contributed by atoms with Crippen LogP contribution >= 0.6 is 15.9 Å². The predicted molar refractivity (Wildman–Crippen MR) is 66.7 cm³/mol. The molecule has 5 nitrogen and oxygen atoms in total. The highest BCUT2D eigenvalue weighted by atomic mass is 79.9. The van der Waals surface area contributed by atoms with Gasteiger partial charge in [0.25, 0.3) is 5.91 Å². The van der Waals surface area contributed by atoms with Crippen molar-refractivity contribution in [1.82, 2.24) is 5.32 Å². The minimum Gasteiger partial charge on any atom is -0.448 e. The summed E-state index contributed by atoms with van der Waals surface area (Å²) in [5.74, 6) is -0.228. The SMILES string of the molecule is Cc1cccc(C(=O)NCCOC(N)=O)c1Br. The molecule has 0 bridgehead atoms. The normalized spacial score (nSPS) is 9.76. The molecule has 0 unspecified atom stereocenters. The molecule has 3 N–H and O–H groups in total. The molecule has 1 aromatic rings. The number of aryl methyl sites for hydroxylation is 1. The van der Waals surface area contributed by atoms with E-state index in [2.05, 4.69) is 26.0 Å². The van der Waals surface area contributed by atoms with Crippen molar-refractivity contribution in [1.29, 1.82) is 0 Å². The number of primary amides is 1. The van der Waals surface area contributed by atoms with Crippen LogP contribution in [0.5, 0.6) is 0 Å². The molecule has 0 atom stereocenters. The van der Waals surface area contributed by atoms with Gasteiger partial charge in [-0.1, -0.05) is 12.1 Å². The second kappa shape index (κ2) is 6.24. The van der Waals surface area contributed by atoms with E-state index in [1.165, 1.54) is 0 Å². The van der Waals surface area contributed by atoms with Gasteiger partial charge in [0, 0.05) is 4.47 Å². The topological polar surface area (TPSA) is 81.4 Å². The van der Waals surface area contributed by atoms with Gasteiger partial charge in [0.05, 0.1) is 12.1 Å². The molecule has 6 heteroatoms. The Hall–Kier alpha value is -1.56. The number of carbonyl (C=O) groups is 2. The van der Waals surface area contributed by atoms with Crippen LogP contribution in [0.3, 0.4) is 0 Å². The van der Waals surface area contributed by atoms with Crippen molar-refractivity contribution in [3.63, 3.8) is 0 Å². The first-order valence-electron chi connectivity index (χ1n) is 4.98. The predicted octanol–water partition coefficient (Wildman–Crippen LogP) is 1.58. The van der Waals surface area contributed by atoms with E-state index >= 15 is 0 Å². The Morgan fingerprint density at radius 3 is 2.82 bits per heavy atom. The number of amides is 2. The summed E-state index contributed by atoms with van der Waals surface area (Å²) in [6.45, 7) is 2.18. The van der Waals surface area contributed by atoms with Gasteiger partial charge in [-0.25, -0.2) is 4.79 Å². The number of hydrogen-bond acceptors (Lipinski definition) is 3. The van der Waals surface area contributed by atoms with Gasteiger partial charge in [-0.05, 0) is 34.5 Å². The lowest BCUT2D eigenvalue weighted by Gasteiger charge is -2.08. The van der Waals surface area contributed by atoms with Crippen LogP contribution in [-0.4, -0.2) is 25.2 Å². The molecule has 0 aliphatic carbocycles. The van der Waals surface area contributed by atoms with Gasteiger partial charge in [-0.3, -0.25) is 4.79 Å². The Morgan fingerprint density at radius 1 is 1.47 bits per heavy atom. The molecule has 0 aromatic heterocycles. The number of nitrogens with one attached hydrogen (secondary N) is 1. The number of hydrogen-bond donors (Lipinski definition) is 2. The number of nitrogens with two attached hydrogens (primary N) is 1. The average molecular weight is 301 g/mol. The zero-order valence-electron chi connectivity index (χ0n) is 9.33. The molecule has 1 rings (SSSR count). The van der Waals surface area contributed by atoms with Crippen LogP contribution in [-0.2, 0) is 4.74 Å². The third-order valence-electron chi connectivity index (χ3n) is 2.07. The summed E-state index contributed by atoms with van der Waals surface area (Å²) in [5.41, 5.74) is 6.31. The quantitative estimate of drug-likeness (QED) is 0.828. The van der Waals surface area contributed by atoms with Crippen LogP contribution in [0, 0.1) is 6.92 Å². The first-order chi connectivity index (χ1) is 8.02. The molecule has 2 amide bonds. The molecule has 17 heavy (non-hydrogen) atoms. The minimum atomic E-state index is -0.851. The van der Waals surface area contributed by atoms with Crippen LogP contribution < -0.4 is 11.1 Å². The van der Waals surface area contributed by atoms with Crippen molar-refractivity contribution in [3.8, 4) is 0 Å². The summed E-state index contributed by atoms with van der Waals surface area (Å²) >= 11 is 3.35. The van der Waals surface area contributed by atoms with Crippen LogP contribution in [0.15, 0.2) is 22.7 Å². The minimum absolute atomic E-state index is 0.0600. The van der Waals surface area contributed by atoms with Gasteiger partial charge in [-0.15, -0.1) is 0 Å². The zero-order chi connectivity index (χ0) is 12.8.